The van der Waals surface area contributed by atoms with Crippen LogP contribution in [0, 0.1) is 5.92 Å². The van der Waals surface area contributed by atoms with Crippen molar-refractivity contribution in [1.29, 1.82) is 0 Å². The monoisotopic (exact) mass is 301 g/mol. The van der Waals surface area contributed by atoms with Crippen LogP contribution < -0.4 is 4.90 Å². The molecule has 1 saturated heterocycles. The number of imide groups is 1. The second-order valence-corrected chi connectivity index (χ2v) is 5.03. The van der Waals surface area contributed by atoms with Gasteiger partial charge in [-0.2, -0.15) is 0 Å². The Balaban J connectivity index is 2.41. The molecular weight excluding hydrogens is 293 g/mol. The van der Waals surface area contributed by atoms with Gasteiger partial charge < -0.3 is 0 Å². The lowest BCUT2D eigenvalue weighted by Crippen LogP contribution is -2.29. The van der Waals surface area contributed by atoms with Gasteiger partial charge in [-0.1, -0.05) is 18.5 Å². The zero-order valence-electron chi connectivity index (χ0n) is 8.54. The predicted molar refractivity (Wildman–Crippen MR) is 65.4 cm³/mol. The molecule has 1 aromatic carbocycles. The van der Waals surface area contributed by atoms with Crippen molar-refractivity contribution in [1.82, 2.24) is 0 Å². The van der Waals surface area contributed by atoms with E-state index in [9.17, 15) is 9.59 Å². The van der Waals surface area contributed by atoms with Gasteiger partial charge in [-0.25, -0.2) is 0 Å². The number of anilines is 1. The molecule has 0 spiro atoms. The SMILES string of the molecule is CC1CC(=O)N(c2ccc(Cl)c(Br)c2)C1=O. The van der Waals surface area contributed by atoms with Gasteiger partial charge in [0, 0.05) is 16.8 Å². The molecule has 0 aliphatic carbocycles. The van der Waals surface area contributed by atoms with E-state index >= 15 is 0 Å². The Labute approximate surface area is 107 Å². The summed E-state index contributed by atoms with van der Waals surface area (Å²) < 4.78 is 0.673. The number of rotatable bonds is 1. The van der Waals surface area contributed by atoms with E-state index in [2.05, 4.69) is 15.9 Å². The van der Waals surface area contributed by atoms with Gasteiger partial charge in [0.1, 0.15) is 0 Å². The maximum atomic E-state index is 11.8. The number of nitrogens with zero attached hydrogens (tertiary/aromatic N) is 1. The largest absolute Gasteiger partial charge is 0.274 e. The molecule has 2 amide bonds. The minimum absolute atomic E-state index is 0.153. The van der Waals surface area contributed by atoms with Gasteiger partial charge in [0.2, 0.25) is 11.8 Å². The van der Waals surface area contributed by atoms with Crippen LogP contribution in [0.4, 0.5) is 5.69 Å². The number of amides is 2. The van der Waals surface area contributed by atoms with Crippen LogP contribution in [0.25, 0.3) is 0 Å². The highest BCUT2D eigenvalue weighted by atomic mass is 79.9. The molecule has 0 aromatic heterocycles. The zero-order chi connectivity index (χ0) is 11.9. The fraction of sp³-hybridized carbons (Fsp3) is 0.273. The predicted octanol–water partition coefficient (Wildman–Crippen LogP) is 3.00. The Morgan fingerprint density at radius 1 is 1.44 bits per heavy atom. The van der Waals surface area contributed by atoms with Crippen LogP contribution in [-0.4, -0.2) is 11.8 Å². The molecule has 1 aliphatic rings. The third-order valence-corrected chi connectivity index (χ3v) is 3.75. The molecule has 1 unspecified atom stereocenters. The average Bonchev–Trinajstić information content (AvgIpc) is 2.47. The van der Waals surface area contributed by atoms with Crippen molar-refractivity contribution in [2.75, 3.05) is 4.90 Å². The second-order valence-electron chi connectivity index (χ2n) is 3.77. The summed E-state index contributed by atoms with van der Waals surface area (Å²) in [5, 5.41) is 0.552. The van der Waals surface area contributed by atoms with Crippen LogP contribution in [0.1, 0.15) is 13.3 Å². The lowest BCUT2D eigenvalue weighted by Gasteiger charge is -2.14. The van der Waals surface area contributed by atoms with Crippen molar-refractivity contribution < 1.29 is 9.59 Å². The van der Waals surface area contributed by atoms with Crippen molar-refractivity contribution in [3.8, 4) is 0 Å². The van der Waals surface area contributed by atoms with Crippen LogP contribution in [0.3, 0.4) is 0 Å². The first-order chi connectivity index (χ1) is 7.50. The molecule has 16 heavy (non-hydrogen) atoms. The number of hydrogen-bond acceptors (Lipinski definition) is 2. The fourth-order valence-electron chi connectivity index (χ4n) is 1.68. The summed E-state index contributed by atoms with van der Waals surface area (Å²) in [5.74, 6) is -0.548. The highest BCUT2D eigenvalue weighted by Crippen LogP contribution is 2.31. The molecule has 0 saturated carbocycles. The number of carbonyl (C=O) groups excluding carboxylic acids is 2. The van der Waals surface area contributed by atoms with E-state index in [1.807, 2.05) is 0 Å². The van der Waals surface area contributed by atoms with Gasteiger partial charge in [0.05, 0.1) is 10.7 Å². The molecule has 1 aliphatic heterocycles. The van der Waals surface area contributed by atoms with Crippen molar-refractivity contribution >= 4 is 45.0 Å². The standard InChI is InChI=1S/C11H9BrClNO2/c1-6-4-10(15)14(11(6)16)7-2-3-9(13)8(12)5-7/h2-3,5-6H,4H2,1H3. The fourth-order valence-corrected chi connectivity index (χ4v) is 2.16. The molecule has 84 valence electrons. The van der Waals surface area contributed by atoms with Crippen molar-refractivity contribution in [2.24, 2.45) is 5.92 Å². The molecule has 5 heteroatoms. The molecule has 3 nitrogen and oxygen atoms in total. The van der Waals surface area contributed by atoms with Crippen LogP contribution in [0.5, 0.6) is 0 Å². The van der Waals surface area contributed by atoms with E-state index in [0.29, 0.717) is 15.2 Å². The first-order valence-corrected chi connectivity index (χ1v) is 5.99. The van der Waals surface area contributed by atoms with Gasteiger partial charge >= 0.3 is 0 Å². The number of benzene rings is 1. The summed E-state index contributed by atoms with van der Waals surface area (Å²) in [6.45, 7) is 1.76. The molecule has 1 fully saturated rings. The summed E-state index contributed by atoms with van der Waals surface area (Å²) in [4.78, 5) is 24.6. The Morgan fingerprint density at radius 2 is 2.12 bits per heavy atom. The average molecular weight is 303 g/mol. The van der Waals surface area contributed by atoms with E-state index < -0.39 is 0 Å². The van der Waals surface area contributed by atoms with Gasteiger partial charge in [0.15, 0.2) is 0 Å². The second kappa shape index (κ2) is 4.18. The van der Waals surface area contributed by atoms with Crippen molar-refractivity contribution in [3.63, 3.8) is 0 Å². The first kappa shape index (κ1) is 11.6. The van der Waals surface area contributed by atoms with Crippen molar-refractivity contribution in [3.05, 3.63) is 27.7 Å². The van der Waals surface area contributed by atoms with Gasteiger partial charge in [-0.05, 0) is 34.1 Å². The van der Waals surface area contributed by atoms with Gasteiger partial charge in [-0.3, -0.25) is 14.5 Å². The van der Waals surface area contributed by atoms with Crippen LogP contribution >= 0.6 is 27.5 Å². The minimum atomic E-state index is -0.234. The van der Waals surface area contributed by atoms with Crippen LogP contribution in [0.15, 0.2) is 22.7 Å². The summed E-state index contributed by atoms with van der Waals surface area (Å²) in [5.41, 5.74) is 0.565. The van der Waals surface area contributed by atoms with E-state index in [4.69, 9.17) is 11.6 Å². The highest BCUT2D eigenvalue weighted by Gasteiger charge is 2.36. The molecule has 0 radical (unpaired) electrons. The van der Waals surface area contributed by atoms with E-state index in [-0.39, 0.29) is 24.2 Å². The Kier molecular flexibility index (Phi) is 3.04. The molecule has 2 rings (SSSR count). The highest BCUT2D eigenvalue weighted by molar-refractivity contribution is 9.10. The zero-order valence-corrected chi connectivity index (χ0v) is 10.9. The molecule has 1 heterocycles. The quantitative estimate of drug-likeness (QED) is 0.748. The summed E-state index contributed by atoms with van der Waals surface area (Å²) >= 11 is 9.12. The lowest BCUT2D eigenvalue weighted by atomic mass is 10.1. The smallest absolute Gasteiger partial charge is 0.237 e. The van der Waals surface area contributed by atoms with E-state index in [1.165, 1.54) is 4.90 Å². The summed E-state index contributed by atoms with van der Waals surface area (Å²) in [7, 11) is 0. The van der Waals surface area contributed by atoms with Crippen LogP contribution in [0.2, 0.25) is 5.02 Å². The van der Waals surface area contributed by atoms with Crippen LogP contribution in [-0.2, 0) is 9.59 Å². The number of hydrogen-bond donors (Lipinski definition) is 0. The molecule has 0 N–H and O–H groups in total. The van der Waals surface area contributed by atoms with E-state index in [1.54, 1.807) is 25.1 Å². The van der Waals surface area contributed by atoms with Crippen molar-refractivity contribution in [2.45, 2.75) is 13.3 Å². The maximum absolute atomic E-state index is 11.8. The molecule has 1 atom stereocenters. The Morgan fingerprint density at radius 3 is 2.62 bits per heavy atom. The number of halogens is 2. The maximum Gasteiger partial charge on any atom is 0.237 e. The van der Waals surface area contributed by atoms with Gasteiger partial charge in [-0.15, -0.1) is 0 Å². The first-order valence-electron chi connectivity index (χ1n) is 4.82. The Hall–Kier alpha value is -0.870. The summed E-state index contributed by atoms with van der Waals surface area (Å²) in [6.07, 6.45) is 0.277. The summed E-state index contributed by atoms with van der Waals surface area (Å²) in [6, 6.07) is 5.00. The molecule has 1 aromatic rings. The third-order valence-electron chi connectivity index (χ3n) is 2.53. The minimum Gasteiger partial charge on any atom is -0.274 e. The van der Waals surface area contributed by atoms with Gasteiger partial charge in [0.25, 0.3) is 0 Å². The Bertz CT molecular complexity index is 475. The normalized spacial score (nSPS) is 20.7. The third kappa shape index (κ3) is 1.87. The molecular formula is C11H9BrClNO2. The number of carbonyl (C=O) groups is 2. The molecule has 0 bridgehead atoms. The topological polar surface area (TPSA) is 37.4 Å². The lowest BCUT2D eigenvalue weighted by molar-refractivity contribution is -0.122. The van der Waals surface area contributed by atoms with E-state index in [0.717, 1.165) is 0 Å².